The Morgan fingerprint density at radius 3 is 2.82 bits per heavy atom. The second-order valence-corrected chi connectivity index (χ2v) is 5.02. The maximum absolute atomic E-state index is 11.6. The van der Waals surface area contributed by atoms with Crippen molar-refractivity contribution >= 4 is 34.7 Å². The molecule has 1 aliphatic heterocycles. The van der Waals surface area contributed by atoms with Gasteiger partial charge in [0.15, 0.2) is 0 Å². The number of hydrogen-bond acceptors (Lipinski definition) is 3. The highest BCUT2D eigenvalue weighted by atomic mass is 127. The molecule has 0 aliphatic carbocycles. The highest BCUT2D eigenvalue weighted by Crippen LogP contribution is 2.04. The van der Waals surface area contributed by atoms with Crippen molar-refractivity contribution in [2.24, 2.45) is 4.99 Å². The summed E-state index contributed by atoms with van der Waals surface area (Å²) in [6.45, 7) is 1.84. The summed E-state index contributed by atoms with van der Waals surface area (Å²) in [5, 5.41) is 5.52. The number of nitrogens with one attached hydrogen (secondary N) is 2. The van der Waals surface area contributed by atoms with Gasteiger partial charge in [0.05, 0.1) is 6.54 Å². The number of hydrogen-bond donors (Lipinski definition) is 2. The zero-order valence-corrected chi connectivity index (χ0v) is 11.3. The quantitative estimate of drug-likeness (QED) is 0.631. The van der Waals surface area contributed by atoms with Crippen LogP contribution in [0.3, 0.4) is 0 Å². The maximum Gasteiger partial charge on any atom is 0.320 e. The van der Waals surface area contributed by atoms with Gasteiger partial charge in [-0.05, 0) is 5.56 Å². The van der Waals surface area contributed by atoms with Gasteiger partial charge in [-0.15, -0.1) is 0 Å². The van der Waals surface area contributed by atoms with E-state index in [1.807, 2.05) is 33.4 Å². The molecule has 1 aromatic rings. The van der Waals surface area contributed by atoms with Crippen LogP contribution in [0, 0.1) is 0 Å². The lowest BCUT2D eigenvalue weighted by atomic mass is 10.2. The van der Waals surface area contributed by atoms with Crippen LogP contribution in [0.15, 0.2) is 35.3 Å². The molecule has 0 radical (unpaired) electrons. The van der Waals surface area contributed by atoms with E-state index in [4.69, 9.17) is 0 Å². The Hall–Kier alpha value is -1.15. The minimum Gasteiger partial charge on any atom is -0.334 e. The standard InChI is InChI=1S/C11H13IN4O/c12-16-7-10(14-8-16)15-11(17)13-6-9-4-2-1-3-5-9/h1-5H,6-8H2,(H2,13,14,15,17). The fourth-order valence-electron chi connectivity index (χ4n) is 1.46. The smallest absolute Gasteiger partial charge is 0.320 e. The van der Waals surface area contributed by atoms with Crippen LogP contribution in [-0.4, -0.2) is 28.2 Å². The predicted octanol–water partition coefficient (Wildman–Crippen LogP) is 1.51. The number of urea groups is 1. The van der Waals surface area contributed by atoms with Crippen LogP contribution in [0.4, 0.5) is 4.79 Å². The number of nitrogens with zero attached hydrogens (tertiary/aromatic N) is 2. The molecule has 0 bridgehead atoms. The van der Waals surface area contributed by atoms with E-state index in [1.54, 1.807) is 0 Å². The molecule has 0 aromatic heterocycles. The molecule has 0 spiro atoms. The minimum atomic E-state index is -0.209. The lowest BCUT2D eigenvalue weighted by Crippen LogP contribution is -2.40. The molecule has 2 N–H and O–H groups in total. The summed E-state index contributed by atoms with van der Waals surface area (Å²) in [6, 6.07) is 9.58. The van der Waals surface area contributed by atoms with Gasteiger partial charge in [0.2, 0.25) is 0 Å². The van der Waals surface area contributed by atoms with Crippen molar-refractivity contribution < 1.29 is 4.79 Å². The van der Waals surface area contributed by atoms with Crippen molar-refractivity contribution in [1.29, 1.82) is 0 Å². The molecule has 0 fully saturated rings. The normalized spacial score (nSPS) is 15.5. The van der Waals surface area contributed by atoms with Gasteiger partial charge in [-0.3, -0.25) is 10.3 Å². The van der Waals surface area contributed by atoms with E-state index in [9.17, 15) is 4.79 Å². The Balaban J connectivity index is 1.75. The lowest BCUT2D eigenvalue weighted by molar-refractivity contribution is 0.245. The Bertz CT molecular complexity index is 421. The van der Waals surface area contributed by atoms with Crippen molar-refractivity contribution in [1.82, 2.24) is 13.7 Å². The van der Waals surface area contributed by atoms with Crippen molar-refractivity contribution in [2.75, 3.05) is 13.2 Å². The topological polar surface area (TPSA) is 56.7 Å². The molecular weight excluding hydrogens is 331 g/mol. The maximum atomic E-state index is 11.6. The Morgan fingerprint density at radius 1 is 1.41 bits per heavy atom. The van der Waals surface area contributed by atoms with Crippen LogP contribution in [0.5, 0.6) is 0 Å². The van der Waals surface area contributed by atoms with Crippen molar-refractivity contribution in [3.63, 3.8) is 0 Å². The van der Waals surface area contributed by atoms with Gasteiger partial charge in [-0.25, -0.2) is 7.91 Å². The third-order valence-electron chi connectivity index (χ3n) is 2.29. The molecule has 2 rings (SSSR count). The minimum absolute atomic E-state index is 0.209. The Kier molecular flexibility index (Phi) is 4.32. The van der Waals surface area contributed by atoms with Crippen molar-refractivity contribution in [2.45, 2.75) is 6.54 Å². The number of aliphatic imine (C=N–C) groups is 1. The van der Waals surface area contributed by atoms with E-state index >= 15 is 0 Å². The molecule has 1 aliphatic rings. The number of amidine groups is 1. The zero-order valence-electron chi connectivity index (χ0n) is 9.19. The van der Waals surface area contributed by atoms with Crippen molar-refractivity contribution in [3.8, 4) is 0 Å². The van der Waals surface area contributed by atoms with Crippen LogP contribution >= 0.6 is 22.9 Å². The summed E-state index contributed by atoms with van der Waals surface area (Å²) in [4.78, 5) is 15.7. The van der Waals surface area contributed by atoms with Gasteiger partial charge in [0.25, 0.3) is 0 Å². The van der Waals surface area contributed by atoms with Gasteiger partial charge in [-0.2, -0.15) is 0 Å². The average Bonchev–Trinajstić information content (AvgIpc) is 2.73. The molecule has 1 aromatic carbocycles. The molecule has 90 valence electrons. The van der Waals surface area contributed by atoms with Crippen LogP contribution in [0.1, 0.15) is 5.56 Å². The molecule has 0 saturated heterocycles. The van der Waals surface area contributed by atoms with E-state index < -0.39 is 0 Å². The van der Waals surface area contributed by atoms with Crippen LogP contribution in [-0.2, 0) is 6.54 Å². The summed E-state index contributed by atoms with van der Waals surface area (Å²) in [6.07, 6.45) is 0. The fourth-order valence-corrected chi connectivity index (χ4v) is 1.93. The van der Waals surface area contributed by atoms with E-state index in [1.165, 1.54) is 0 Å². The van der Waals surface area contributed by atoms with Crippen LogP contribution < -0.4 is 10.6 Å². The van der Waals surface area contributed by atoms with Crippen LogP contribution in [0.25, 0.3) is 0 Å². The molecule has 17 heavy (non-hydrogen) atoms. The summed E-state index contributed by atoms with van der Waals surface area (Å²) < 4.78 is 1.99. The van der Waals surface area contributed by atoms with E-state index in [-0.39, 0.29) is 6.03 Å². The van der Waals surface area contributed by atoms with Crippen molar-refractivity contribution in [3.05, 3.63) is 35.9 Å². The van der Waals surface area contributed by atoms with Gasteiger partial charge in [0, 0.05) is 29.4 Å². The third-order valence-corrected chi connectivity index (χ3v) is 2.94. The summed E-state index contributed by atoms with van der Waals surface area (Å²) in [7, 11) is 0. The number of rotatable bonds is 2. The van der Waals surface area contributed by atoms with Crippen LogP contribution in [0.2, 0.25) is 0 Å². The molecule has 0 atom stereocenters. The number of carbonyl (C=O) groups is 1. The first kappa shape index (κ1) is 12.3. The molecule has 0 saturated carbocycles. The SMILES string of the molecule is O=C(NCc1ccccc1)NC1=NCN(I)C1. The third kappa shape index (κ3) is 3.97. The number of carbonyl (C=O) groups excluding carboxylic acids is 1. The Morgan fingerprint density at radius 2 is 2.18 bits per heavy atom. The summed E-state index contributed by atoms with van der Waals surface area (Å²) >= 11 is 2.17. The van der Waals surface area contributed by atoms with Gasteiger partial charge in [-0.1, -0.05) is 30.3 Å². The first-order valence-corrected chi connectivity index (χ1v) is 6.23. The lowest BCUT2D eigenvalue weighted by Gasteiger charge is -2.07. The molecular formula is C11H13IN4O. The monoisotopic (exact) mass is 344 g/mol. The number of benzene rings is 1. The van der Waals surface area contributed by atoms with Gasteiger partial charge < -0.3 is 5.32 Å². The van der Waals surface area contributed by atoms with E-state index in [0.717, 1.165) is 5.56 Å². The predicted molar refractivity (Wildman–Crippen MR) is 74.8 cm³/mol. The Labute approximate surface area is 114 Å². The molecule has 0 unspecified atom stereocenters. The average molecular weight is 344 g/mol. The number of halogens is 1. The molecule has 6 heteroatoms. The van der Waals surface area contributed by atoms with Gasteiger partial charge >= 0.3 is 6.03 Å². The first-order valence-electron chi connectivity index (χ1n) is 5.27. The highest BCUT2D eigenvalue weighted by molar-refractivity contribution is 14.1. The zero-order chi connectivity index (χ0) is 12.1. The van der Waals surface area contributed by atoms with E-state index in [0.29, 0.717) is 25.6 Å². The first-order chi connectivity index (χ1) is 8.24. The summed E-state index contributed by atoms with van der Waals surface area (Å²) in [5.41, 5.74) is 1.08. The summed E-state index contributed by atoms with van der Waals surface area (Å²) in [5.74, 6) is 0.713. The number of amides is 2. The molecule has 1 heterocycles. The highest BCUT2D eigenvalue weighted by Gasteiger charge is 2.14. The second-order valence-electron chi connectivity index (χ2n) is 3.66. The largest absolute Gasteiger partial charge is 0.334 e. The van der Waals surface area contributed by atoms with E-state index in [2.05, 4.69) is 38.5 Å². The molecule has 5 nitrogen and oxygen atoms in total. The van der Waals surface area contributed by atoms with Gasteiger partial charge in [0.1, 0.15) is 12.5 Å². The second kappa shape index (κ2) is 5.97. The molecule has 2 amide bonds. The fraction of sp³-hybridized carbons (Fsp3) is 0.273.